The Morgan fingerprint density at radius 1 is 1.18 bits per heavy atom. The zero-order valence-electron chi connectivity index (χ0n) is 14.8. The van der Waals surface area contributed by atoms with Gasteiger partial charge in [-0.15, -0.1) is 0 Å². The van der Waals surface area contributed by atoms with E-state index in [-0.39, 0.29) is 12.1 Å². The van der Waals surface area contributed by atoms with Gasteiger partial charge in [0.15, 0.2) is 5.79 Å². The molecule has 0 amide bonds. The number of hydrogen-bond acceptors (Lipinski definition) is 4. The molecule has 0 aromatic rings. The van der Waals surface area contributed by atoms with Crippen molar-refractivity contribution in [1.29, 1.82) is 0 Å². The lowest BCUT2D eigenvalue weighted by Crippen LogP contribution is -2.40. The topological polar surface area (TPSA) is 44.8 Å². The number of esters is 1. The minimum absolute atomic E-state index is 0.0302. The third-order valence-corrected chi connectivity index (χ3v) is 5.91. The number of ether oxygens (including phenoxy) is 3. The molecule has 22 heavy (non-hydrogen) atoms. The van der Waals surface area contributed by atoms with Crippen LogP contribution >= 0.6 is 0 Å². The first-order chi connectivity index (χ1) is 10.5. The van der Waals surface area contributed by atoms with Crippen LogP contribution in [-0.2, 0) is 19.0 Å². The Balaban J connectivity index is 2.16. The molecule has 2 aliphatic rings. The van der Waals surface area contributed by atoms with E-state index in [4.69, 9.17) is 14.2 Å². The molecule has 0 aromatic heterocycles. The van der Waals surface area contributed by atoms with Gasteiger partial charge in [-0.1, -0.05) is 19.8 Å². The van der Waals surface area contributed by atoms with Crippen LogP contribution in [0.4, 0.5) is 0 Å². The summed E-state index contributed by atoms with van der Waals surface area (Å²) in [4.78, 5) is 11.2. The maximum atomic E-state index is 11.2. The maximum Gasteiger partial charge on any atom is 0.302 e. The fourth-order valence-electron chi connectivity index (χ4n) is 5.26. The van der Waals surface area contributed by atoms with Gasteiger partial charge in [0, 0.05) is 33.0 Å². The van der Waals surface area contributed by atoms with Crippen molar-refractivity contribution in [3.63, 3.8) is 0 Å². The van der Waals surface area contributed by atoms with Crippen molar-refractivity contribution in [2.24, 2.45) is 23.7 Å². The SMILES string of the molecule is CCCCC1C(C[C@H](C)OC(C)=O)C2CCC1C2(OC)OC. The molecule has 0 heterocycles. The molecule has 2 aliphatic carbocycles. The van der Waals surface area contributed by atoms with Gasteiger partial charge >= 0.3 is 5.97 Å². The van der Waals surface area contributed by atoms with Crippen molar-refractivity contribution in [3.8, 4) is 0 Å². The Hall–Kier alpha value is -0.610. The molecule has 0 N–H and O–H groups in total. The van der Waals surface area contributed by atoms with E-state index in [0.717, 1.165) is 12.8 Å². The first-order valence-electron chi connectivity index (χ1n) is 8.77. The molecule has 5 atom stereocenters. The average Bonchev–Trinajstić information content (AvgIpc) is 2.95. The quantitative estimate of drug-likeness (QED) is 0.505. The highest BCUT2D eigenvalue weighted by Crippen LogP contribution is 2.62. The molecule has 2 saturated carbocycles. The second-order valence-corrected chi connectivity index (χ2v) is 7.05. The first kappa shape index (κ1) is 17.7. The lowest BCUT2D eigenvalue weighted by Gasteiger charge is -2.32. The molecule has 0 radical (unpaired) electrons. The molecule has 4 unspecified atom stereocenters. The summed E-state index contributed by atoms with van der Waals surface area (Å²) in [6.07, 6.45) is 6.93. The van der Waals surface area contributed by atoms with Gasteiger partial charge in [0.2, 0.25) is 0 Å². The zero-order valence-corrected chi connectivity index (χ0v) is 14.8. The number of rotatable bonds is 8. The number of carbonyl (C=O) groups is 1. The van der Waals surface area contributed by atoms with Gasteiger partial charge in [-0.05, 0) is 44.4 Å². The first-order valence-corrected chi connectivity index (χ1v) is 8.77. The lowest BCUT2D eigenvalue weighted by atomic mass is 9.74. The van der Waals surface area contributed by atoms with Gasteiger partial charge in [-0.3, -0.25) is 4.79 Å². The van der Waals surface area contributed by atoms with Gasteiger partial charge < -0.3 is 14.2 Å². The fourth-order valence-corrected chi connectivity index (χ4v) is 5.26. The molecule has 4 nitrogen and oxygen atoms in total. The van der Waals surface area contributed by atoms with Crippen LogP contribution in [0.3, 0.4) is 0 Å². The van der Waals surface area contributed by atoms with Crippen molar-refractivity contribution >= 4 is 5.97 Å². The normalized spacial score (nSPS) is 33.9. The zero-order chi connectivity index (χ0) is 16.3. The van der Waals surface area contributed by atoms with E-state index >= 15 is 0 Å². The van der Waals surface area contributed by atoms with Crippen LogP contribution < -0.4 is 0 Å². The van der Waals surface area contributed by atoms with Crippen molar-refractivity contribution in [2.75, 3.05) is 14.2 Å². The van der Waals surface area contributed by atoms with E-state index in [1.54, 1.807) is 14.2 Å². The summed E-state index contributed by atoms with van der Waals surface area (Å²) < 4.78 is 17.2. The largest absolute Gasteiger partial charge is 0.463 e. The Bertz CT molecular complexity index is 377. The molecule has 2 bridgehead atoms. The van der Waals surface area contributed by atoms with Crippen LogP contribution in [0.25, 0.3) is 0 Å². The summed E-state index contributed by atoms with van der Waals surface area (Å²) >= 11 is 0. The van der Waals surface area contributed by atoms with Crippen LogP contribution in [0, 0.1) is 23.7 Å². The molecular weight excluding hydrogens is 280 g/mol. The highest BCUT2D eigenvalue weighted by atomic mass is 16.7. The highest BCUT2D eigenvalue weighted by Gasteiger charge is 2.64. The third kappa shape index (κ3) is 3.05. The monoisotopic (exact) mass is 312 g/mol. The highest BCUT2D eigenvalue weighted by molar-refractivity contribution is 5.66. The summed E-state index contributed by atoms with van der Waals surface area (Å²) in [7, 11) is 3.56. The van der Waals surface area contributed by atoms with E-state index in [0.29, 0.717) is 23.7 Å². The Morgan fingerprint density at radius 3 is 2.27 bits per heavy atom. The molecular formula is C18H32O4. The summed E-state index contributed by atoms with van der Waals surface area (Å²) in [5.41, 5.74) is 0. The number of unbranched alkanes of at least 4 members (excludes halogenated alkanes) is 1. The fraction of sp³-hybridized carbons (Fsp3) is 0.944. The maximum absolute atomic E-state index is 11.2. The van der Waals surface area contributed by atoms with Crippen LogP contribution in [0.5, 0.6) is 0 Å². The van der Waals surface area contributed by atoms with Crippen LogP contribution in [0.2, 0.25) is 0 Å². The molecule has 0 spiro atoms. The van der Waals surface area contributed by atoms with Crippen LogP contribution in [0.1, 0.15) is 59.3 Å². The van der Waals surface area contributed by atoms with E-state index in [1.807, 2.05) is 6.92 Å². The smallest absolute Gasteiger partial charge is 0.302 e. The van der Waals surface area contributed by atoms with Gasteiger partial charge in [0.25, 0.3) is 0 Å². The summed E-state index contributed by atoms with van der Waals surface area (Å²) in [6.45, 7) is 5.73. The second-order valence-electron chi connectivity index (χ2n) is 7.05. The minimum atomic E-state index is -0.418. The van der Waals surface area contributed by atoms with E-state index < -0.39 is 5.79 Å². The van der Waals surface area contributed by atoms with E-state index in [9.17, 15) is 4.79 Å². The minimum Gasteiger partial charge on any atom is -0.463 e. The molecule has 128 valence electrons. The van der Waals surface area contributed by atoms with Crippen molar-refractivity contribution < 1.29 is 19.0 Å². The van der Waals surface area contributed by atoms with E-state index in [1.165, 1.54) is 32.6 Å². The second kappa shape index (κ2) is 7.31. The number of carbonyl (C=O) groups excluding carboxylic acids is 1. The predicted octanol–water partition coefficient (Wildman–Crippen LogP) is 3.78. The molecule has 0 aliphatic heterocycles. The lowest BCUT2D eigenvalue weighted by molar-refractivity contribution is -0.239. The van der Waals surface area contributed by atoms with Crippen LogP contribution in [0.15, 0.2) is 0 Å². The molecule has 2 fully saturated rings. The van der Waals surface area contributed by atoms with Crippen molar-refractivity contribution in [2.45, 2.75) is 71.2 Å². The van der Waals surface area contributed by atoms with Crippen molar-refractivity contribution in [3.05, 3.63) is 0 Å². The van der Waals surface area contributed by atoms with Gasteiger partial charge in [0.1, 0.15) is 0 Å². The average molecular weight is 312 g/mol. The Labute approximate surface area is 134 Å². The third-order valence-electron chi connectivity index (χ3n) is 5.91. The molecule has 2 rings (SSSR count). The standard InChI is InChI=1S/C18H32O4/c1-6-7-8-14-15(11-12(2)22-13(3)19)17-10-9-16(14)18(17,20-4)21-5/h12,14-17H,6-11H2,1-5H3/t12-,14?,15?,16?,17?/m0/s1. The van der Waals surface area contributed by atoms with Gasteiger partial charge in [-0.2, -0.15) is 0 Å². The summed E-state index contributed by atoms with van der Waals surface area (Å²) in [6, 6.07) is 0. The number of hydrogen-bond donors (Lipinski definition) is 0. The number of methoxy groups -OCH3 is 2. The predicted molar refractivity (Wildman–Crippen MR) is 85.3 cm³/mol. The summed E-state index contributed by atoms with van der Waals surface area (Å²) in [5, 5.41) is 0. The van der Waals surface area contributed by atoms with Gasteiger partial charge in [-0.25, -0.2) is 0 Å². The van der Waals surface area contributed by atoms with E-state index in [2.05, 4.69) is 6.92 Å². The van der Waals surface area contributed by atoms with Gasteiger partial charge in [0.05, 0.1) is 6.10 Å². The van der Waals surface area contributed by atoms with Crippen LogP contribution in [-0.4, -0.2) is 32.1 Å². The Morgan fingerprint density at radius 2 is 1.77 bits per heavy atom. The Kier molecular flexibility index (Phi) is 5.89. The molecule has 0 saturated heterocycles. The molecule has 0 aromatic carbocycles. The van der Waals surface area contributed by atoms with Crippen molar-refractivity contribution in [1.82, 2.24) is 0 Å². The number of fused-ring (bicyclic) bond motifs is 2. The summed E-state index contributed by atoms with van der Waals surface area (Å²) in [5.74, 6) is 1.45. The molecule has 4 heteroatoms.